The van der Waals surface area contributed by atoms with Crippen LogP contribution in [-0.2, 0) is 9.47 Å². The van der Waals surface area contributed by atoms with E-state index in [4.69, 9.17) is 21.1 Å². The lowest BCUT2D eigenvalue weighted by Gasteiger charge is -2.26. The zero-order chi connectivity index (χ0) is 11.1. The fourth-order valence-electron chi connectivity index (χ4n) is 1.98. The molecule has 0 N–H and O–H groups in total. The van der Waals surface area contributed by atoms with Crippen LogP contribution in [0, 0.1) is 11.3 Å². The molecule has 1 aliphatic carbocycles. The summed E-state index contributed by atoms with van der Waals surface area (Å²) in [7, 11) is 1.70. The molecule has 3 heteroatoms. The molecule has 1 saturated carbocycles. The van der Waals surface area contributed by atoms with Crippen LogP contribution in [0.5, 0.6) is 0 Å². The molecule has 0 aromatic rings. The second kappa shape index (κ2) is 6.72. The Hall–Kier alpha value is 0.210. The predicted octanol–water partition coefficient (Wildman–Crippen LogP) is 3.08. The van der Waals surface area contributed by atoms with Crippen LogP contribution in [0.15, 0.2) is 0 Å². The van der Waals surface area contributed by atoms with Gasteiger partial charge in [0, 0.05) is 19.6 Å². The molecule has 15 heavy (non-hydrogen) atoms. The van der Waals surface area contributed by atoms with Crippen molar-refractivity contribution in [3.8, 4) is 0 Å². The summed E-state index contributed by atoms with van der Waals surface area (Å²) in [6, 6.07) is 0. The number of methoxy groups -OCH3 is 1. The highest BCUT2D eigenvalue weighted by atomic mass is 35.5. The first-order chi connectivity index (χ1) is 7.23. The van der Waals surface area contributed by atoms with Gasteiger partial charge in [0.1, 0.15) is 0 Å². The Kier molecular flexibility index (Phi) is 5.95. The molecule has 1 fully saturated rings. The molecule has 90 valence electrons. The number of hydrogen-bond donors (Lipinski definition) is 0. The van der Waals surface area contributed by atoms with Crippen molar-refractivity contribution < 1.29 is 9.47 Å². The van der Waals surface area contributed by atoms with Crippen LogP contribution >= 0.6 is 11.6 Å². The predicted molar refractivity (Wildman–Crippen MR) is 63.5 cm³/mol. The summed E-state index contributed by atoms with van der Waals surface area (Å²) in [6.07, 6.45) is 5.04. The first-order valence-corrected chi connectivity index (χ1v) is 6.39. The molecule has 0 bridgehead atoms. The van der Waals surface area contributed by atoms with E-state index in [2.05, 4.69) is 6.92 Å². The molecule has 0 aromatic carbocycles. The van der Waals surface area contributed by atoms with Gasteiger partial charge in [-0.1, -0.05) is 6.92 Å². The third-order valence-electron chi connectivity index (χ3n) is 3.34. The Morgan fingerprint density at radius 1 is 1.27 bits per heavy atom. The standard InChI is InChI=1S/C12H23ClO2/c1-12(10-13,11-4-5-11)6-3-7-15-9-8-14-2/h11H,3-10H2,1-2H3. The second-order valence-electron chi connectivity index (χ2n) is 4.77. The summed E-state index contributed by atoms with van der Waals surface area (Å²) in [4.78, 5) is 0. The molecule has 2 nitrogen and oxygen atoms in total. The maximum Gasteiger partial charge on any atom is 0.0700 e. The lowest BCUT2D eigenvalue weighted by Crippen LogP contribution is -2.22. The lowest BCUT2D eigenvalue weighted by atomic mass is 9.82. The summed E-state index contributed by atoms with van der Waals surface area (Å²) in [6.45, 7) is 4.54. The van der Waals surface area contributed by atoms with Crippen molar-refractivity contribution in [1.29, 1.82) is 0 Å². The quantitative estimate of drug-likeness (QED) is 0.451. The maximum atomic E-state index is 6.05. The lowest BCUT2D eigenvalue weighted by molar-refractivity contribution is 0.0640. The van der Waals surface area contributed by atoms with Crippen molar-refractivity contribution in [3.05, 3.63) is 0 Å². The zero-order valence-corrected chi connectivity index (χ0v) is 10.7. The van der Waals surface area contributed by atoms with E-state index in [0.717, 1.165) is 24.8 Å². The van der Waals surface area contributed by atoms with Crippen LogP contribution in [0.1, 0.15) is 32.6 Å². The summed E-state index contributed by atoms with van der Waals surface area (Å²) < 4.78 is 10.4. The topological polar surface area (TPSA) is 18.5 Å². The van der Waals surface area contributed by atoms with Gasteiger partial charge in [0.15, 0.2) is 0 Å². The molecular formula is C12H23ClO2. The van der Waals surface area contributed by atoms with E-state index in [1.807, 2.05) is 0 Å². The van der Waals surface area contributed by atoms with Gasteiger partial charge in [0.25, 0.3) is 0 Å². The van der Waals surface area contributed by atoms with Gasteiger partial charge in [-0.15, -0.1) is 11.6 Å². The van der Waals surface area contributed by atoms with E-state index < -0.39 is 0 Å². The van der Waals surface area contributed by atoms with Crippen LogP contribution in [0.3, 0.4) is 0 Å². The van der Waals surface area contributed by atoms with Crippen LogP contribution < -0.4 is 0 Å². The number of halogens is 1. The minimum absolute atomic E-state index is 0.353. The molecule has 0 aliphatic heterocycles. The average molecular weight is 235 g/mol. The van der Waals surface area contributed by atoms with Crippen molar-refractivity contribution in [2.45, 2.75) is 32.6 Å². The Morgan fingerprint density at radius 3 is 2.53 bits per heavy atom. The van der Waals surface area contributed by atoms with Crippen LogP contribution in [0.4, 0.5) is 0 Å². The van der Waals surface area contributed by atoms with Gasteiger partial charge in [-0.3, -0.25) is 0 Å². The summed E-state index contributed by atoms with van der Waals surface area (Å²) in [5, 5.41) is 0. The SMILES string of the molecule is COCCOCCCC(C)(CCl)C1CC1. The summed E-state index contributed by atoms with van der Waals surface area (Å²) >= 11 is 6.05. The molecule has 0 spiro atoms. The Bertz CT molecular complexity index is 171. The summed E-state index contributed by atoms with van der Waals surface area (Å²) in [5.74, 6) is 1.66. The maximum absolute atomic E-state index is 6.05. The first kappa shape index (κ1) is 13.3. The number of alkyl halides is 1. The normalized spacial score (nSPS) is 20.2. The highest BCUT2D eigenvalue weighted by molar-refractivity contribution is 6.18. The molecular weight excluding hydrogens is 212 g/mol. The fourth-order valence-corrected chi connectivity index (χ4v) is 2.33. The van der Waals surface area contributed by atoms with Gasteiger partial charge in [-0.05, 0) is 37.0 Å². The van der Waals surface area contributed by atoms with Gasteiger partial charge < -0.3 is 9.47 Å². The molecule has 1 unspecified atom stereocenters. The fraction of sp³-hybridized carbons (Fsp3) is 1.00. The Morgan fingerprint density at radius 2 is 2.00 bits per heavy atom. The molecule has 0 radical (unpaired) electrons. The second-order valence-corrected chi connectivity index (χ2v) is 5.04. The van der Waals surface area contributed by atoms with Crippen molar-refractivity contribution in [3.63, 3.8) is 0 Å². The van der Waals surface area contributed by atoms with Crippen molar-refractivity contribution in [1.82, 2.24) is 0 Å². The van der Waals surface area contributed by atoms with E-state index in [1.54, 1.807) is 7.11 Å². The van der Waals surface area contributed by atoms with Crippen LogP contribution in [0.25, 0.3) is 0 Å². The van der Waals surface area contributed by atoms with E-state index in [-0.39, 0.29) is 0 Å². The van der Waals surface area contributed by atoms with E-state index in [9.17, 15) is 0 Å². The third-order valence-corrected chi connectivity index (χ3v) is 3.95. The third kappa shape index (κ3) is 4.71. The van der Waals surface area contributed by atoms with E-state index in [1.165, 1.54) is 19.3 Å². The van der Waals surface area contributed by atoms with E-state index in [0.29, 0.717) is 18.6 Å². The van der Waals surface area contributed by atoms with Crippen molar-refractivity contribution >= 4 is 11.6 Å². The number of ether oxygens (including phenoxy) is 2. The summed E-state index contributed by atoms with van der Waals surface area (Å²) in [5.41, 5.74) is 0.353. The minimum Gasteiger partial charge on any atom is -0.382 e. The Balaban J connectivity index is 2.02. The molecule has 0 heterocycles. The molecule has 0 aromatic heterocycles. The van der Waals surface area contributed by atoms with E-state index >= 15 is 0 Å². The van der Waals surface area contributed by atoms with Crippen molar-refractivity contribution in [2.75, 3.05) is 32.8 Å². The van der Waals surface area contributed by atoms with Gasteiger partial charge in [0.2, 0.25) is 0 Å². The number of rotatable bonds is 9. The molecule has 1 aliphatic rings. The van der Waals surface area contributed by atoms with Crippen LogP contribution in [0.2, 0.25) is 0 Å². The molecule has 1 atom stereocenters. The molecule has 0 saturated heterocycles. The monoisotopic (exact) mass is 234 g/mol. The number of hydrogen-bond acceptors (Lipinski definition) is 2. The molecule has 1 rings (SSSR count). The van der Waals surface area contributed by atoms with Crippen LogP contribution in [-0.4, -0.2) is 32.8 Å². The van der Waals surface area contributed by atoms with Crippen molar-refractivity contribution in [2.24, 2.45) is 11.3 Å². The largest absolute Gasteiger partial charge is 0.382 e. The smallest absolute Gasteiger partial charge is 0.0700 e. The van der Waals surface area contributed by atoms with Gasteiger partial charge >= 0.3 is 0 Å². The average Bonchev–Trinajstić information content (AvgIpc) is 3.07. The molecule has 0 amide bonds. The van der Waals surface area contributed by atoms with Gasteiger partial charge in [0.05, 0.1) is 13.2 Å². The van der Waals surface area contributed by atoms with Gasteiger partial charge in [-0.2, -0.15) is 0 Å². The van der Waals surface area contributed by atoms with Gasteiger partial charge in [-0.25, -0.2) is 0 Å². The highest BCUT2D eigenvalue weighted by Crippen LogP contribution is 2.48. The zero-order valence-electron chi connectivity index (χ0n) is 9.93. The Labute approximate surface area is 98.3 Å². The minimum atomic E-state index is 0.353. The first-order valence-electron chi connectivity index (χ1n) is 5.85. The highest BCUT2D eigenvalue weighted by Gasteiger charge is 2.40.